The van der Waals surface area contributed by atoms with E-state index in [-0.39, 0.29) is 0 Å². The van der Waals surface area contributed by atoms with E-state index in [4.69, 9.17) is 16.5 Å². The van der Waals surface area contributed by atoms with Gasteiger partial charge in [-0.3, -0.25) is 0 Å². The third-order valence-electron chi connectivity index (χ3n) is 3.85. The summed E-state index contributed by atoms with van der Waals surface area (Å²) in [5.41, 5.74) is 13.7. The summed E-state index contributed by atoms with van der Waals surface area (Å²) in [4.78, 5) is 11.3. The average Bonchev–Trinajstić information content (AvgIpc) is 2.58. The smallest absolute Gasteiger partial charge is 0.164 e. The van der Waals surface area contributed by atoms with Crippen molar-refractivity contribution < 1.29 is 0 Å². The third kappa shape index (κ3) is 4.34. The van der Waals surface area contributed by atoms with E-state index in [1.807, 2.05) is 30.3 Å². The Hall–Kier alpha value is -2.30. The molecule has 23 heavy (non-hydrogen) atoms. The van der Waals surface area contributed by atoms with E-state index in [1.54, 1.807) is 0 Å². The minimum Gasteiger partial charge on any atom is -0.393 e. The first kappa shape index (κ1) is 17.1. The van der Waals surface area contributed by atoms with Crippen LogP contribution in [0.1, 0.15) is 39.5 Å². The summed E-state index contributed by atoms with van der Waals surface area (Å²) >= 11 is 0. The number of nitrogens with two attached hydrogens (primary N) is 2. The second kappa shape index (κ2) is 8.36. The number of hydrogen-bond donors (Lipinski definition) is 2. The van der Waals surface area contributed by atoms with Crippen LogP contribution in [0.2, 0.25) is 0 Å². The van der Waals surface area contributed by atoms with Crippen molar-refractivity contribution in [2.45, 2.75) is 39.5 Å². The maximum atomic E-state index is 6.18. The molecule has 0 saturated carbocycles. The normalized spacial score (nSPS) is 10.7. The van der Waals surface area contributed by atoms with Crippen molar-refractivity contribution in [3.63, 3.8) is 0 Å². The number of nitrogens with zero attached hydrogens (tertiary/aromatic N) is 3. The molecule has 0 aliphatic rings. The molecule has 4 N–H and O–H groups in total. The molecule has 5 nitrogen and oxygen atoms in total. The standard InChI is InChI=1S/C18H27N5/c1-3-5-12-23(13-6-4-2)18-15(19)16(20)21-17(22-18)14-10-8-7-9-11-14/h7-11H,3-6,12-13,19H2,1-2H3,(H2,20,21,22). The Morgan fingerprint density at radius 3 is 2.09 bits per heavy atom. The predicted octanol–water partition coefficient (Wildman–Crippen LogP) is 3.71. The second-order valence-electron chi connectivity index (χ2n) is 5.73. The van der Waals surface area contributed by atoms with Gasteiger partial charge in [-0.05, 0) is 12.8 Å². The summed E-state index contributed by atoms with van der Waals surface area (Å²) in [7, 11) is 0. The molecule has 2 aromatic rings. The summed E-state index contributed by atoms with van der Waals surface area (Å²) in [6.45, 7) is 6.24. The van der Waals surface area contributed by atoms with Gasteiger partial charge in [0.15, 0.2) is 17.5 Å². The summed E-state index contributed by atoms with van der Waals surface area (Å²) in [6, 6.07) is 9.88. The Bertz CT molecular complexity index is 604. The van der Waals surface area contributed by atoms with Gasteiger partial charge in [-0.25, -0.2) is 9.97 Å². The molecule has 1 aromatic carbocycles. The van der Waals surface area contributed by atoms with Crippen molar-refractivity contribution in [1.29, 1.82) is 0 Å². The largest absolute Gasteiger partial charge is 0.393 e. The van der Waals surface area contributed by atoms with E-state index in [0.29, 0.717) is 17.3 Å². The topological polar surface area (TPSA) is 81.1 Å². The SMILES string of the molecule is CCCCN(CCCC)c1nc(-c2ccccc2)nc(N)c1N. The van der Waals surface area contributed by atoms with Crippen LogP contribution in [0.4, 0.5) is 17.3 Å². The van der Waals surface area contributed by atoms with Gasteiger partial charge in [0.1, 0.15) is 5.69 Å². The number of rotatable bonds is 8. The van der Waals surface area contributed by atoms with Crippen molar-refractivity contribution in [2.75, 3.05) is 29.5 Å². The Morgan fingerprint density at radius 1 is 0.913 bits per heavy atom. The van der Waals surface area contributed by atoms with Crippen LogP contribution in [0.25, 0.3) is 11.4 Å². The fourth-order valence-electron chi connectivity index (χ4n) is 2.45. The van der Waals surface area contributed by atoms with Gasteiger partial charge in [0.2, 0.25) is 0 Å². The zero-order chi connectivity index (χ0) is 16.7. The van der Waals surface area contributed by atoms with E-state index in [2.05, 4.69) is 23.7 Å². The molecule has 0 amide bonds. The molecular weight excluding hydrogens is 286 g/mol. The Morgan fingerprint density at radius 2 is 1.52 bits per heavy atom. The first-order valence-electron chi connectivity index (χ1n) is 8.40. The lowest BCUT2D eigenvalue weighted by Crippen LogP contribution is -2.28. The van der Waals surface area contributed by atoms with Gasteiger partial charge in [0.05, 0.1) is 0 Å². The van der Waals surface area contributed by atoms with Gasteiger partial charge in [-0.2, -0.15) is 0 Å². The zero-order valence-electron chi connectivity index (χ0n) is 14.1. The van der Waals surface area contributed by atoms with Crippen LogP contribution in [0.5, 0.6) is 0 Å². The monoisotopic (exact) mass is 313 g/mol. The van der Waals surface area contributed by atoms with Crippen molar-refractivity contribution >= 4 is 17.3 Å². The minimum atomic E-state index is 0.354. The van der Waals surface area contributed by atoms with Crippen LogP contribution in [0.3, 0.4) is 0 Å². The van der Waals surface area contributed by atoms with Crippen molar-refractivity contribution in [3.05, 3.63) is 30.3 Å². The van der Waals surface area contributed by atoms with Crippen LogP contribution in [0.15, 0.2) is 30.3 Å². The molecule has 0 atom stereocenters. The van der Waals surface area contributed by atoms with Crippen LogP contribution < -0.4 is 16.4 Å². The van der Waals surface area contributed by atoms with Crippen LogP contribution in [0, 0.1) is 0 Å². The van der Waals surface area contributed by atoms with Gasteiger partial charge in [-0.15, -0.1) is 0 Å². The molecule has 0 fully saturated rings. The molecule has 1 heterocycles. The summed E-state index contributed by atoms with van der Waals surface area (Å²) in [5, 5.41) is 0. The lowest BCUT2D eigenvalue weighted by molar-refractivity contribution is 0.672. The summed E-state index contributed by atoms with van der Waals surface area (Å²) in [5.74, 6) is 1.75. The van der Waals surface area contributed by atoms with Gasteiger partial charge in [0, 0.05) is 18.7 Å². The lowest BCUT2D eigenvalue weighted by Gasteiger charge is -2.25. The third-order valence-corrected chi connectivity index (χ3v) is 3.85. The van der Waals surface area contributed by atoms with E-state index >= 15 is 0 Å². The highest BCUT2D eigenvalue weighted by Gasteiger charge is 2.16. The maximum absolute atomic E-state index is 6.18. The molecule has 0 radical (unpaired) electrons. The number of anilines is 3. The van der Waals surface area contributed by atoms with E-state index in [0.717, 1.165) is 50.2 Å². The van der Waals surface area contributed by atoms with Gasteiger partial charge < -0.3 is 16.4 Å². The van der Waals surface area contributed by atoms with Gasteiger partial charge >= 0.3 is 0 Å². The van der Waals surface area contributed by atoms with E-state index in [9.17, 15) is 0 Å². The van der Waals surface area contributed by atoms with E-state index in [1.165, 1.54) is 0 Å². The first-order valence-corrected chi connectivity index (χ1v) is 8.40. The number of aromatic nitrogens is 2. The summed E-state index contributed by atoms with van der Waals surface area (Å²) in [6.07, 6.45) is 4.48. The second-order valence-corrected chi connectivity index (χ2v) is 5.73. The highest BCUT2D eigenvalue weighted by molar-refractivity contribution is 5.76. The van der Waals surface area contributed by atoms with Crippen LogP contribution in [-0.4, -0.2) is 23.1 Å². The molecule has 0 spiro atoms. The summed E-state index contributed by atoms with van der Waals surface area (Å²) < 4.78 is 0. The quantitative estimate of drug-likeness (QED) is 0.776. The molecule has 0 aliphatic carbocycles. The Balaban J connectivity index is 2.39. The molecule has 5 heteroatoms. The van der Waals surface area contributed by atoms with Gasteiger partial charge in [-0.1, -0.05) is 57.0 Å². The van der Waals surface area contributed by atoms with Crippen molar-refractivity contribution in [1.82, 2.24) is 9.97 Å². The number of benzene rings is 1. The highest BCUT2D eigenvalue weighted by Crippen LogP contribution is 2.29. The van der Waals surface area contributed by atoms with Crippen LogP contribution >= 0.6 is 0 Å². The highest BCUT2D eigenvalue weighted by atomic mass is 15.2. The Labute approximate surface area is 138 Å². The molecular formula is C18H27N5. The Kier molecular flexibility index (Phi) is 6.20. The number of nitrogen functional groups attached to an aromatic ring is 2. The first-order chi connectivity index (χ1) is 11.2. The molecule has 0 bridgehead atoms. The molecule has 0 saturated heterocycles. The molecule has 1 aromatic heterocycles. The fraction of sp³-hybridized carbons (Fsp3) is 0.444. The van der Waals surface area contributed by atoms with Gasteiger partial charge in [0.25, 0.3) is 0 Å². The minimum absolute atomic E-state index is 0.354. The molecule has 124 valence electrons. The van der Waals surface area contributed by atoms with Crippen molar-refractivity contribution in [3.8, 4) is 11.4 Å². The number of hydrogen-bond acceptors (Lipinski definition) is 5. The lowest BCUT2D eigenvalue weighted by atomic mass is 10.2. The van der Waals surface area contributed by atoms with Crippen LogP contribution in [-0.2, 0) is 0 Å². The zero-order valence-corrected chi connectivity index (χ0v) is 14.1. The maximum Gasteiger partial charge on any atom is 0.164 e. The number of unbranched alkanes of at least 4 members (excludes halogenated alkanes) is 2. The predicted molar refractivity (Wildman–Crippen MR) is 98.3 cm³/mol. The molecule has 0 aliphatic heterocycles. The molecule has 2 rings (SSSR count). The fourth-order valence-corrected chi connectivity index (χ4v) is 2.45. The molecule has 0 unspecified atom stereocenters. The van der Waals surface area contributed by atoms with E-state index < -0.39 is 0 Å². The van der Waals surface area contributed by atoms with Crippen molar-refractivity contribution in [2.24, 2.45) is 0 Å². The average molecular weight is 313 g/mol.